The molecule has 1 aromatic rings. The van der Waals surface area contributed by atoms with Crippen molar-refractivity contribution in [3.63, 3.8) is 0 Å². The molecule has 8 N–H and O–H groups in total. The number of aromatic hydroxyl groups is 1. The normalized spacial score (nSPS) is 29.9. The molecule has 0 fully saturated rings. The van der Waals surface area contributed by atoms with E-state index in [0.717, 1.165) is 0 Å². The number of benzene rings is 1. The van der Waals surface area contributed by atoms with Gasteiger partial charge in [-0.05, 0) is 52.4 Å². The number of carbonyl (C=O) groups excluding carboxylic acids is 4. The molecule has 2 unspecified atom stereocenters. The number of ketones is 2. The smallest absolute Gasteiger partial charge is 0.255 e. The number of Topliss-reactive ketones (excluding diaryl/α,β-unsaturated/α-hetero) is 2. The van der Waals surface area contributed by atoms with Crippen LogP contribution in [0.5, 0.6) is 5.75 Å². The second kappa shape index (κ2) is 9.82. The maximum absolute atomic E-state index is 13.9. The average molecular weight is 570 g/mol. The molecule has 0 aliphatic heterocycles. The Morgan fingerprint density at radius 3 is 2.27 bits per heavy atom. The molecule has 6 atom stereocenters. The molecule has 2 amide bonds. The van der Waals surface area contributed by atoms with E-state index in [1.807, 2.05) is 0 Å². The number of phenolic OH excluding ortho intramolecular Hbond substituents is 1. The molecule has 41 heavy (non-hydrogen) atoms. The summed E-state index contributed by atoms with van der Waals surface area (Å²) in [6, 6.07) is 1.72. The van der Waals surface area contributed by atoms with Gasteiger partial charge in [-0.3, -0.25) is 24.1 Å². The largest absolute Gasteiger partial charge is 0.510 e. The first-order valence-corrected chi connectivity index (χ1v) is 13.0. The highest BCUT2D eigenvalue weighted by Crippen LogP contribution is 2.55. The Balaban J connectivity index is 1.91. The van der Waals surface area contributed by atoms with E-state index in [2.05, 4.69) is 5.32 Å². The molecular weight excluding hydrogens is 534 g/mol. The Morgan fingerprint density at radius 2 is 1.73 bits per heavy atom. The van der Waals surface area contributed by atoms with Crippen LogP contribution in [0, 0.1) is 11.8 Å². The summed E-state index contributed by atoms with van der Waals surface area (Å²) in [6.07, 6.45) is 0.828. The summed E-state index contributed by atoms with van der Waals surface area (Å²) < 4.78 is 0. The second-order valence-electron chi connectivity index (χ2n) is 12.1. The zero-order valence-electron chi connectivity index (χ0n) is 23.6. The molecule has 0 heterocycles. The molecule has 1 aromatic carbocycles. The monoisotopic (exact) mass is 569 g/mol. The van der Waals surface area contributed by atoms with Crippen LogP contribution in [-0.4, -0.2) is 91.2 Å². The van der Waals surface area contributed by atoms with Crippen LogP contribution in [0.3, 0.4) is 0 Å². The summed E-state index contributed by atoms with van der Waals surface area (Å²) in [7, 11) is 2.94. The Hall–Kier alpha value is -4.00. The predicted octanol–water partition coefficient (Wildman–Crippen LogP) is 0.580. The lowest BCUT2D eigenvalue weighted by atomic mass is 9.55. The van der Waals surface area contributed by atoms with Crippen molar-refractivity contribution in [3.8, 4) is 5.75 Å². The topological polar surface area (TPSA) is 211 Å². The van der Waals surface area contributed by atoms with E-state index in [4.69, 9.17) is 5.73 Å². The third-order valence-corrected chi connectivity index (χ3v) is 8.07. The SMILES string of the molecule is C[C@H]1c2ccc(/C=C\C(=O)NC(C)(C)C)c(O)c2C(=O)C2=C(O)[C@]3(O)C(=O)C(C(N)=O)=C(O)[C@@H](N(C)C)C3[C@@H](O)C21. The Bertz CT molecular complexity index is 1470. The minimum Gasteiger partial charge on any atom is -0.510 e. The number of aliphatic hydroxyl groups excluding tert-OH is 3. The van der Waals surface area contributed by atoms with Gasteiger partial charge in [0.05, 0.1) is 23.6 Å². The minimum atomic E-state index is -2.98. The van der Waals surface area contributed by atoms with Crippen molar-refractivity contribution >= 4 is 29.5 Å². The van der Waals surface area contributed by atoms with Gasteiger partial charge in [0.1, 0.15) is 22.8 Å². The van der Waals surface area contributed by atoms with Gasteiger partial charge in [-0.1, -0.05) is 19.1 Å². The third-order valence-electron chi connectivity index (χ3n) is 8.07. The van der Waals surface area contributed by atoms with E-state index in [9.17, 15) is 44.7 Å². The van der Waals surface area contributed by atoms with Crippen LogP contribution in [-0.2, 0) is 14.4 Å². The van der Waals surface area contributed by atoms with Crippen molar-refractivity contribution in [1.29, 1.82) is 0 Å². The van der Waals surface area contributed by atoms with Gasteiger partial charge in [0, 0.05) is 28.7 Å². The number of nitrogens with two attached hydrogens (primary N) is 1. The lowest BCUT2D eigenvalue weighted by molar-refractivity contribution is -0.162. The Kier molecular flexibility index (Phi) is 7.18. The van der Waals surface area contributed by atoms with Crippen molar-refractivity contribution in [2.75, 3.05) is 14.1 Å². The molecule has 0 aromatic heterocycles. The number of hydrogen-bond acceptors (Lipinski definition) is 10. The number of rotatable bonds is 4. The van der Waals surface area contributed by atoms with Gasteiger partial charge in [-0.2, -0.15) is 0 Å². The van der Waals surface area contributed by atoms with Crippen LogP contribution < -0.4 is 11.1 Å². The number of aliphatic hydroxyl groups is 4. The molecule has 12 nitrogen and oxygen atoms in total. The number of phenols is 1. The fraction of sp³-hybridized carbons (Fsp3) is 0.448. The van der Waals surface area contributed by atoms with E-state index >= 15 is 0 Å². The fourth-order valence-corrected chi connectivity index (χ4v) is 6.35. The van der Waals surface area contributed by atoms with Crippen LogP contribution in [0.15, 0.2) is 40.9 Å². The molecule has 12 heteroatoms. The number of hydrogen-bond donors (Lipinski definition) is 7. The highest BCUT2D eigenvalue weighted by Gasteiger charge is 2.67. The Morgan fingerprint density at radius 1 is 1.12 bits per heavy atom. The van der Waals surface area contributed by atoms with Crippen LogP contribution in [0.1, 0.15) is 55.1 Å². The molecule has 220 valence electrons. The number of nitrogens with one attached hydrogen (secondary N) is 1. The van der Waals surface area contributed by atoms with Crippen LogP contribution >= 0.6 is 0 Å². The highest BCUT2D eigenvalue weighted by atomic mass is 16.4. The van der Waals surface area contributed by atoms with E-state index in [1.54, 1.807) is 33.8 Å². The van der Waals surface area contributed by atoms with Gasteiger partial charge in [-0.15, -0.1) is 0 Å². The maximum Gasteiger partial charge on any atom is 0.255 e. The fourth-order valence-electron chi connectivity index (χ4n) is 6.35. The van der Waals surface area contributed by atoms with Crippen molar-refractivity contribution in [1.82, 2.24) is 10.2 Å². The number of carbonyl (C=O) groups is 4. The third kappa shape index (κ3) is 4.42. The summed E-state index contributed by atoms with van der Waals surface area (Å²) in [5, 5.41) is 59.5. The zero-order chi connectivity index (χ0) is 30.9. The lowest BCUT2D eigenvalue weighted by Gasteiger charge is -2.53. The van der Waals surface area contributed by atoms with E-state index < -0.39 is 92.8 Å². The number of fused-ring (bicyclic) bond motifs is 3. The number of likely N-dealkylation sites (N-methyl/N-ethyl adjacent to an activating group) is 1. The summed E-state index contributed by atoms with van der Waals surface area (Å²) >= 11 is 0. The number of primary amides is 1. The quantitative estimate of drug-likeness (QED) is 0.198. The molecule has 3 aliphatic rings. The van der Waals surface area contributed by atoms with Crippen LogP contribution in [0.4, 0.5) is 0 Å². The van der Waals surface area contributed by atoms with Crippen molar-refractivity contribution in [2.45, 2.75) is 56.9 Å². The van der Waals surface area contributed by atoms with Gasteiger partial charge in [0.2, 0.25) is 11.7 Å². The first-order valence-electron chi connectivity index (χ1n) is 13.0. The van der Waals surface area contributed by atoms with Gasteiger partial charge in [0.25, 0.3) is 5.91 Å². The van der Waals surface area contributed by atoms with Crippen molar-refractivity contribution < 1.29 is 44.7 Å². The standard InChI is InChI=1S/C29H35N3O9/c1-11-13-9-7-12(8-10-14(33)31-28(2,3)4)21(34)16(13)22(35)17-15(11)23(36)19-20(32(5)6)24(37)18(27(30)40)26(39)29(19,41)25(17)38/h7-11,15,19-20,23,34,36-38,41H,1-6H3,(H2,30,40)(H,31,33)/b10-8-/t11-,15?,19?,20-,23-,29-/m0/s1. The molecule has 0 radical (unpaired) electrons. The second-order valence-corrected chi connectivity index (χ2v) is 12.1. The van der Waals surface area contributed by atoms with Gasteiger partial charge >= 0.3 is 0 Å². The summed E-state index contributed by atoms with van der Waals surface area (Å²) in [4.78, 5) is 53.1. The average Bonchev–Trinajstić information content (AvgIpc) is 2.84. The van der Waals surface area contributed by atoms with Crippen molar-refractivity contribution in [2.24, 2.45) is 17.6 Å². The summed E-state index contributed by atoms with van der Waals surface area (Å²) in [5.74, 6) is -10.0. The number of amides is 2. The first-order chi connectivity index (χ1) is 18.9. The molecule has 0 bridgehead atoms. The highest BCUT2D eigenvalue weighted by molar-refractivity contribution is 6.25. The summed E-state index contributed by atoms with van der Waals surface area (Å²) in [5.41, 5.74) is 0.591. The van der Waals surface area contributed by atoms with Gasteiger partial charge < -0.3 is 36.6 Å². The molecule has 0 saturated carbocycles. The summed E-state index contributed by atoms with van der Waals surface area (Å²) in [6.45, 7) is 7.03. The van der Waals surface area contributed by atoms with E-state index in [-0.39, 0.29) is 11.1 Å². The zero-order valence-corrected chi connectivity index (χ0v) is 23.6. The van der Waals surface area contributed by atoms with E-state index in [1.165, 1.54) is 37.2 Å². The molecule has 3 aliphatic carbocycles. The van der Waals surface area contributed by atoms with Crippen molar-refractivity contribution in [3.05, 3.63) is 57.6 Å². The predicted molar refractivity (Wildman–Crippen MR) is 147 cm³/mol. The van der Waals surface area contributed by atoms with E-state index in [0.29, 0.717) is 5.56 Å². The number of nitrogens with zero attached hydrogens (tertiary/aromatic N) is 1. The molecule has 4 rings (SSSR count). The molecular formula is C29H35N3O9. The van der Waals surface area contributed by atoms with Gasteiger partial charge in [-0.25, -0.2) is 0 Å². The Labute approximate surface area is 236 Å². The lowest BCUT2D eigenvalue weighted by Crippen LogP contribution is -2.68. The first kappa shape index (κ1) is 30.0. The molecule has 0 spiro atoms. The molecule has 0 saturated heterocycles. The maximum atomic E-state index is 13.9. The minimum absolute atomic E-state index is 0.116. The van der Waals surface area contributed by atoms with Gasteiger partial charge in [0.15, 0.2) is 11.4 Å². The van der Waals surface area contributed by atoms with Crippen LogP contribution in [0.2, 0.25) is 0 Å². The van der Waals surface area contributed by atoms with Crippen LogP contribution in [0.25, 0.3) is 6.08 Å².